The van der Waals surface area contributed by atoms with Crippen molar-refractivity contribution in [2.24, 2.45) is 0 Å². The number of nitrogens with one attached hydrogen (secondary N) is 1. The molecule has 0 radical (unpaired) electrons. The van der Waals surface area contributed by atoms with E-state index >= 15 is 0 Å². The van der Waals surface area contributed by atoms with Gasteiger partial charge in [-0.3, -0.25) is 14.5 Å². The van der Waals surface area contributed by atoms with Gasteiger partial charge >= 0.3 is 6.18 Å². The Kier molecular flexibility index (Phi) is 7.79. The number of methoxy groups -OCH3 is 2. The average Bonchev–Trinajstić information content (AvgIpc) is 3.24. The summed E-state index contributed by atoms with van der Waals surface area (Å²) in [6, 6.07) is 8.01. The number of nitrogens with zero attached hydrogens (tertiary/aromatic N) is 4. The van der Waals surface area contributed by atoms with Crippen LogP contribution >= 0.6 is 0 Å². The molecule has 0 atom stereocenters. The molecule has 4 aromatic rings. The number of alkyl halides is 3. The quantitative estimate of drug-likeness (QED) is 0.285. The standard InChI is InChI=1S/C26H26F3N5O5/c1-14(2)34-15(3)24(38-13-26(27,28)29)23(33-34)25(35)32-22-7-6-16(12-31-22)39-19-8-9-30-18-11-21(37-5)20(36-4)10-17(18)19/h6-12,14H,13H2,1-5H3,(H,31,32,35). The fourth-order valence-corrected chi connectivity index (χ4v) is 3.84. The first-order valence-electron chi connectivity index (χ1n) is 11.8. The van der Waals surface area contributed by atoms with Gasteiger partial charge in [-0.2, -0.15) is 18.3 Å². The number of hydrogen-bond donors (Lipinski definition) is 1. The lowest BCUT2D eigenvalue weighted by Gasteiger charge is -2.12. The second-order valence-electron chi connectivity index (χ2n) is 8.67. The van der Waals surface area contributed by atoms with Gasteiger partial charge in [-0.25, -0.2) is 4.98 Å². The molecule has 0 fully saturated rings. The smallest absolute Gasteiger partial charge is 0.422 e. The molecule has 0 saturated heterocycles. The van der Waals surface area contributed by atoms with Gasteiger partial charge in [0.1, 0.15) is 17.3 Å². The number of amides is 1. The van der Waals surface area contributed by atoms with Crippen LogP contribution in [0.4, 0.5) is 19.0 Å². The van der Waals surface area contributed by atoms with Gasteiger partial charge in [0, 0.05) is 23.7 Å². The van der Waals surface area contributed by atoms with Crippen LogP contribution in [0.25, 0.3) is 10.9 Å². The summed E-state index contributed by atoms with van der Waals surface area (Å²) < 4.78 is 61.4. The van der Waals surface area contributed by atoms with E-state index in [2.05, 4.69) is 20.4 Å². The molecule has 0 aliphatic heterocycles. The number of rotatable bonds is 9. The summed E-state index contributed by atoms with van der Waals surface area (Å²) in [5.41, 5.74) is 0.650. The first kappa shape index (κ1) is 27.5. The van der Waals surface area contributed by atoms with E-state index in [9.17, 15) is 18.0 Å². The zero-order valence-electron chi connectivity index (χ0n) is 21.8. The van der Waals surface area contributed by atoms with Crippen molar-refractivity contribution in [3.05, 3.63) is 54.1 Å². The van der Waals surface area contributed by atoms with Crippen LogP contribution < -0.4 is 24.3 Å². The molecule has 0 aliphatic carbocycles. The number of halogens is 3. The maximum atomic E-state index is 12.9. The van der Waals surface area contributed by atoms with E-state index < -0.39 is 18.7 Å². The van der Waals surface area contributed by atoms with E-state index in [1.54, 1.807) is 44.3 Å². The van der Waals surface area contributed by atoms with Crippen molar-refractivity contribution >= 4 is 22.6 Å². The van der Waals surface area contributed by atoms with Crippen LogP contribution in [0.5, 0.6) is 28.7 Å². The molecule has 13 heteroatoms. The normalized spacial score (nSPS) is 11.5. The molecule has 10 nitrogen and oxygen atoms in total. The number of fused-ring (bicyclic) bond motifs is 1. The van der Waals surface area contributed by atoms with E-state index in [1.165, 1.54) is 38.1 Å². The molecule has 3 heterocycles. The third-order valence-electron chi connectivity index (χ3n) is 5.59. The number of carbonyl (C=O) groups excluding carboxylic acids is 1. The highest BCUT2D eigenvalue weighted by Gasteiger charge is 2.32. The Labute approximate surface area is 221 Å². The zero-order chi connectivity index (χ0) is 28.3. The first-order valence-corrected chi connectivity index (χ1v) is 11.8. The molecule has 1 aromatic carbocycles. The first-order chi connectivity index (χ1) is 18.5. The Morgan fingerprint density at radius 1 is 1.05 bits per heavy atom. The lowest BCUT2D eigenvalue weighted by molar-refractivity contribution is -0.153. The number of anilines is 1. The zero-order valence-corrected chi connectivity index (χ0v) is 21.8. The van der Waals surface area contributed by atoms with Gasteiger partial charge in [0.05, 0.1) is 31.6 Å². The van der Waals surface area contributed by atoms with Crippen molar-refractivity contribution in [3.63, 3.8) is 0 Å². The van der Waals surface area contributed by atoms with Crippen molar-refractivity contribution in [2.75, 3.05) is 26.1 Å². The number of hydrogen-bond acceptors (Lipinski definition) is 8. The number of pyridine rings is 2. The molecular weight excluding hydrogens is 519 g/mol. The summed E-state index contributed by atoms with van der Waals surface area (Å²) in [6.45, 7) is 3.56. The van der Waals surface area contributed by atoms with E-state index in [4.69, 9.17) is 18.9 Å². The summed E-state index contributed by atoms with van der Waals surface area (Å²) in [5.74, 6) is 1.01. The Hall–Kier alpha value is -4.55. The van der Waals surface area contributed by atoms with E-state index in [0.29, 0.717) is 39.6 Å². The van der Waals surface area contributed by atoms with Crippen molar-refractivity contribution in [1.29, 1.82) is 0 Å². The van der Waals surface area contributed by atoms with Gasteiger partial charge in [-0.1, -0.05) is 0 Å². The summed E-state index contributed by atoms with van der Waals surface area (Å²) in [6.07, 6.45) is -1.60. The lowest BCUT2D eigenvalue weighted by atomic mass is 10.2. The van der Waals surface area contributed by atoms with Gasteiger partial charge in [-0.05, 0) is 45.0 Å². The summed E-state index contributed by atoms with van der Waals surface area (Å²) in [7, 11) is 3.06. The van der Waals surface area contributed by atoms with Gasteiger partial charge in [0.25, 0.3) is 5.91 Å². The lowest BCUT2D eigenvalue weighted by Crippen LogP contribution is -2.21. The highest BCUT2D eigenvalue weighted by Crippen LogP contribution is 2.37. The number of aromatic nitrogens is 4. The van der Waals surface area contributed by atoms with Crippen molar-refractivity contribution in [3.8, 4) is 28.7 Å². The van der Waals surface area contributed by atoms with Crippen LogP contribution in [0.2, 0.25) is 0 Å². The minimum atomic E-state index is -4.57. The Morgan fingerprint density at radius 2 is 1.77 bits per heavy atom. The minimum Gasteiger partial charge on any atom is -0.493 e. The van der Waals surface area contributed by atoms with Gasteiger partial charge < -0.3 is 24.3 Å². The fraction of sp³-hybridized carbons (Fsp3) is 0.308. The van der Waals surface area contributed by atoms with E-state index in [0.717, 1.165) is 0 Å². The van der Waals surface area contributed by atoms with Crippen LogP contribution in [-0.2, 0) is 0 Å². The Bertz CT molecular complexity index is 1490. The monoisotopic (exact) mass is 545 g/mol. The third-order valence-corrected chi connectivity index (χ3v) is 5.59. The molecule has 0 unspecified atom stereocenters. The summed E-state index contributed by atoms with van der Waals surface area (Å²) in [4.78, 5) is 21.5. The highest BCUT2D eigenvalue weighted by molar-refractivity contribution is 6.04. The molecule has 1 amide bonds. The topological polar surface area (TPSA) is 110 Å². The molecule has 0 aliphatic rings. The molecule has 0 bridgehead atoms. The number of benzene rings is 1. The molecule has 1 N–H and O–H groups in total. The van der Waals surface area contributed by atoms with Crippen LogP contribution in [-0.4, -0.2) is 52.7 Å². The predicted octanol–water partition coefficient (Wildman–Crippen LogP) is 5.72. The largest absolute Gasteiger partial charge is 0.493 e. The molecule has 4 rings (SSSR count). The Morgan fingerprint density at radius 3 is 2.38 bits per heavy atom. The second-order valence-corrected chi connectivity index (χ2v) is 8.67. The minimum absolute atomic E-state index is 0.136. The SMILES string of the molecule is COc1cc2nccc(Oc3ccc(NC(=O)c4nn(C(C)C)c(C)c4OCC(F)(F)F)nc3)c2cc1OC. The number of carbonyl (C=O) groups is 1. The average molecular weight is 546 g/mol. The highest BCUT2D eigenvalue weighted by atomic mass is 19.4. The maximum Gasteiger partial charge on any atom is 0.422 e. The van der Waals surface area contributed by atoms with Crippen molar-refractivity contribution < 1.29 is 36.9 Å². The predicted molar refractivity (Wildman–Crippen MR) is 136 cm³/mol. The molecule has 0 spiro atoms. The molecule has 206 valence electrons. The molecule has 0 saturated carbocycles. The molecule has 3 aromatic heterocycles. The maximum absolute atomic E-state index is 12.9. The Balaban J connectivity index is 1.54. The van der Waals surface area contributed by atoms with Crippen LogP contribution in [0.15, 0.2) is 42.7 Å². The molecular formula is C26H26F3N5O5. The fourth-order valence-electron chi connectivity index (χ4n) is 3.84. The van der Waals surface area contributed by atoms with Crippen LogP contribution in [0.1, 0.15) is 36.1 Å². The summed E-state index contributed by atoms with van der Waals surface area (Å²) >= 11 is 0. The van der Waals surface area contributed by atoms with Gasteiger partial charge in [0.15, 0.2) is 29.5 Å². The molecule has 39 heavy (non-hydrogen) atoms. The van der Waals surface area contributed by atoms with Crippen molar-refractivity contribution in [1.82, 2.24) is 19.7 Å². The third kappa shape index (κ3) is 6.13. The van der Waals surface area contributed by atoms with Gasteiger partial charge in [0.2, 0.25) is 0 Å². The second kappa shape index (κ2) is 11.1. The van der Waals surface area contributed by atoms with Crippen LogP contribution in [0, 0.1) is 6.92 Å². The van der Waals surface area contributed by atoms with E-state index in [-0.39, 0.29) is 23.3 Å². The number of ether oxygens (including phenoxy) is 4. The van der Waals surface area contributed by atoms with Crippen molar-refractivity contribution in [2.45, 2.75) is 33.0 Å². The van der Waals surface area contributed by atoms with Crippen LogP contribution in [0.3, 0.4) is 0 Å². The van der Waals surface area contributed by atoms with E-state index in [1.807, 2.05) is 0 Å². The van der Waals surface area contributed by atoms with Gasteiger partial charge in [-0.15, -0.1) is 0 Å². The summed E-state index contributed by atoms with van der Waals surface area (Å²) in [5, 5.41) is 7.39.